The molecule has 1 aromatic carbocycles. The molecule has 1 aromatic rings. The molecule has 1 fully saturated rings. The smallest absolute Gasteiger partial charge is 0.239 e. The third-order valence-corrected chi connectivity index (χ3v) is 2.94. The SMILES string of the molecule is O=C(CNc1c(F)cccc1F)NCC1CCCO1. The zero-order valence-corrected chi connectivity index (χ0v) is 10.4. The molecule has 1 unspecified atom stereocenters. The summed E-state index contributed by atoms with van der Waals surface area (Å²) >= 11 is 0. The van der Waals surface area contributed by atoms with Gasteiger partial charge in [0.15, 0.2) is 0 Å². The number of nitrogens with one attached hydrogen (secondary N) is 2. The molecule has 1 saturated heterocycles. The van der Waals surface area contributed by atoms with Gasteiger partial charge < -0.3 is 15.4 Å². The number of hydrogen-bond acceptors (Lipinski definition) is 3. The third-order valence-electron chi connectivity index (χ3n) is 2.94. The number of hydrogen-bond donors (Lipinski definition) is 2. The van der Waals surface area contributed by atoms with Gasteiger partial charge in [0.1, 0.15) is 17.3 Å². The molecule has 0 bridgehead atoms. The number of anilines is 1. The van der Waals surface area contributed by atoms with E-state index in [4.69, 9.17) is 4.74 Å². The first-order valence-electron chi connectivity index (χ1n) is 6.23. The van der Waals surface area contributed by atoms with Gasteiger partial charge in [0.2, 0.25) is 5.91 Å². The van der Waals surface area contributed by atoms with Crippen LogP contribution in [0, 0.1) is 11.6 Å². The summed E-state index contributed by atoms with van der Waals surface area (Å²) in [7, 11) is 0. The second-order valence-corrected chi connectivity index (χ2v) is 4.39. The van der Waals surface area contributed by atoms with Gasteiger partial charge in [0, 0.05) is 13.2 Å². The molecule has 1 atom stereocenters. The fourth-order valence-electron chi connectivity index (χ4n) is 1.93. The van der Waals surface area contributed by atoms with E-state index in [1.165, 1.54) is 6.07 Å². The molecule has 0 saturated carbocycles. The molecule has 104 valence electrons. The number of halogens is 2. The summed E-state index contributed by atoms with van der Waals surface area (Å²) in [4.78, 5) is 11.5. The van der Waals surface area contributed by atoms with Crippen molar-refractivity contribution in [3.05, 3.63) is 29.8 Å². The van der Waals surface area contributed by atoms with E-state index in [1.807, 2.05) is 0 Å². The molecule has 0 aliphatic carbocycles. The number of carbonyl (C=O) groups is 1. The summed E-state index contributed by atoms with van der Waals surface area (Å²) < 4.78 is 31.9. The Balaban J connectivity index is 1.76. The molecule has 1 amide bonds. The molecule has 6 heteroatoms. The minimum atomic E-state index is -0.716. The first-order valence-corrected chi connectivity index (χ1v) is 6.23. The highest BCUT2D eigenvalue weighted by Gasteiger charge is 2.16. The molecule has 2 rings (SSSR count). The van der Waals surface area contributed by atoms with E-state index >= 15 is 0 Å². The zero-order valence-electron chi connectivity index (χ0n) is 10.4. The van der Waals surface area contributed by atoms with E-state index in [-0.39, 0.29) is 24.2 Å². The fraction of sp³-hybridized carbons (Fsp3) is 0.462. The highest BCUT2D eigenvalue weighted by atomic mass is 19.1. The molecular formula is C13H16F2N2O2. The topological polar surface area (TPSA) is 50.4 Å². The minimum Gasteiger partial charge on any atom is -0.376 e. The summed E-state index contributed by atoms with van der Waals surface area (Å²) in [5.41, 5.74) is -0.283. The third kappa shape index (κ3) is 3.89. The van der Waals surface area contributed by atoms with Crippen LogP contribution in [-0.4, -0.2) is 31.7 Å². The van der Waals surface area contributed by atoms with Crippen molar-refractivity contribution in [3.8, 4) is 0 Å². The van der Waals surface area contributed by atoms with Crippen LogP contribution in [0.1, 0.15) is 12.8 Å². The largest absolute Gasteiger partial charge is 0.376 e. The predicted octanol–water partition coefficient (Wildman–Crippen LogP) is 1.67. The van der Waals surface area contributed by atoms with Crippen LogP contribution in [0.15, 0.2) is 18.2 Å². The minimum absolute atomic E-state index is 0.0501. The van der Waals surface area contributed by atoms with Crippen LogP contribution >= 0.6 is 0 Å². The average molecular weight is 270 g/mol. The summed E-state index contributed by atoms with van der Waals surface area (Å²) in [6.45, 7) is 0.976. The van der Waals surface area contributed by atoms with Gasteiger partial charge in [-0.15, -0.1) is 0 Å². The molecule has 1 aliphatic heterocycles. The van der Waals surface area contributed by atoms with Crippen molar-refractivity contribution in [2.75, 3.05) is 25.0 Å². The van der Waals surface area contributed by atoms with Gasteiger partial charge in [-0.25, -0.2) is 8.78 Å². The van der Waals surface area contributed by atoms with Crippen molar-refractivity contribution in [2.24, 2.45) is 0 Å². The van der Waals surface area contributed by atoms with E-state index < -0.39 is 11.6 Å². The number of carbonyl (C=O) groups excluding carboxylic acids is 1. The Morgan fingerprint density at radius 1 is 1.37 bits per heavy atom. The Labute approximate surface area is 110 Å². The van der Waals surface area contributed by atoms with Crippen molar-refractivity contribution in [3.63, 3.8) is 0 Å². The van der Waals surface area contributed by atoms with Gasteiger partial charge >= 0.3 is 0 Å². The molecule has 19 heavy (non-hydrogen) atoms. The summed E-state index contributed by atoms with van der Waals surface area (Å²) in [5, 5.41) is 5.12. The standard InChI is InChI=1S/C13H16F2N2O2/c14-10-4-1-5-11(15)13(10)17-8-12(18)16-7-9-3-2-6-19-9/h1,4-5,9,17H,2-3,6-8H2,(H,16,18). The van der Waals surface area contributed by atoms with Crippen LogP contribution in [0.4, 0.5) is 14.5 Å². The molecule has 0 spiro atoms. The summed E-state index contributed by atoms with van der Waals surface area (Å²) in [5.74, 6) is -1.75. The molecule has 1 heterocycles. The van der Waals surface area contributed by atoms with Gasteiger partial charge in [0.25, 0.3) is 0 Å². The van der Waals surface area contributed by atoms with Gasteiger partial charge in [-0.3, -0.25) is 4.79 Å². The highest BCUT2D eigenvalue weighted by molar-refractivity contribution is 5.80. The Morgan fingerprint density at radius 3 is 2.74 bits per heavy atom. The lowest BCUT2D eigenvalue weighted by Gasteiger charge is -2.12. The second-order valence-electron chi connectivity index (χ2n) is 4.39. The first-order chi connectivity index (χ1) is 9.16. The van der Waals surface area contributed by atoms with Crippen LogP contribution in [0.2, 0.25) is 0 Å². The number of benzene rings is 1. The number of amides is 1. The number of para-hydroxylation sites is 1. The quantitative estimate of drug-likeness (QED) is 0.855. The van der Waals surface area contributed by atoms with Crippen LogP contribution in [0.25, 0.3) is 0 Å². The Kier molecular flexibility index (Phi) is 4.68. The molecule has 0 aromatic heterocycles. The van der Waals surface area contributed by atoms with E-state index in [0.29, 0.717) is 6.54 Å². The molecular weight excluding hydrogens is 254 g/mol. The van der Waals surface area contributed by atoms with E-state index in [0.717, 1.165) is 31.6 Å². The molecule has 4 nitrogen and oxygen atoms in total. The van der Waals surface area contributed by atoms with Gasteiger partial charge in [-0.1, -0.05) is 6.07 Å². The lowest BCUT2D eigenvalue weighted by molar-refractivity contribution is -0.119. The first kappa shape index (κ1) is 13.7. The van der Waals surface area contributed by atoms with Crippen molar-refractivity contribution in [1.29, 1.82) is 0 Å². The fourth-order valence-corrected chi connectivity index (χ4v) is 1.93. The van der Waals surface area contributed by atoms with Gasteiger partial charge in [-0.05, 0) is 25.0 Å². The maximum Gasteiger partial charge on any atom is 0.239 e. The lowest BCUT2D eigenvalue weighted by atomic mass is 10.2. The predicted molar refractivity (Wildman–Crippen MR) is 66.8 cm³/mol. The van der Waals surface area contributed by atoms with Gasteiger partial charge in [0.05, 0.1) is 12.6 Å². The van der Waals surface area contributed by atoms with Crippen LogP contribution in [-0.2, 0) is 9.53 Å². The monoisotopic (exact) mass is 270 g/mol. The molecule has 2 N–H and O–H groups in total. The maximum absolute atomic E-state index is 13.3. The Hall–Kier alpha value is -1.69. The lowest BCUT2D eigenvalue weighted by Crippen LogP contribution is -2.35. The van der Waals surface area contributed by atoms with Crippen LogP contribution in [0.5, 0.6) is 0 Å². The van der Waals surface area contributed by atoms with E-state index in [9.17, 15) is 13.6 Å². The van der Waals surface area contributed by atoms with E-state index in [2.05, 4.69) is 10.6 Å². The van der Waals surface area contributed by atoms with Crippen LogP contribution in [0.3, 0.4) is 0 Å². The normalized spacial score (nSPS) is 18.3. The van der Waals surface area contributed by atoms with Crippen molar-refractivity contribution in [2.45, 2.75) is 18.9 Å². The summed E-state index contributed by atoms with van der Waals surface area (Å²) in [6, 6.07) is 3.54. The summed E-state index contributed by atoms with van der Waals surface area (Å²) in [6.07, 6.45) is 1.98. The van der Waals surface area contributed by atoms with Crippen molar-refractivity contribution < 1.29 is 18.3 Å². The van der Waals surface area contributed by atoms with Crippen molar-refractivity contribution >= 4 is 11.6 Å². The maximum atomic E-state index is 13.3. The van der Waals surface area contributed by atoms with Gasteiger partial charge in [-0.2, -0.15) is 0 Å². The van der Waals surface area contributed by atoms with Crippen molar-refractivity contribution in [1.82, 2.24) is 5.32 Å². The highest BCUT2D eigenvalue weighted by Crippen LogP contribution is 2.17. The Bertz CT molecular complexity index is 428. The number of rotatable bonds is 5. The zero-order chi connectivity index (χ0) is 13.7. The number of ether oxygens (including phenoxy) is 1. The molecule has 0 radical (unpaired) electrons. The van der Waals surface area contributed by atoms with Crippen LogP contribution < -0.4 is 10.6 Å². The molecule has 1 aliphatic rings. The Morgan fingerprint density at radius 2 is 2.11 bits per heavy atom. The van der Waals surface area contributed by atoms with E-state index in [1.54, 1.807) is 0 Å². The average Bonchev–Trinajstić information content (AvgIpc) is 2.89. The second kappa shape index (κ2) is 6.47.